The van der Waals surface area contributed by atoms with Crippen LogP contribution in [-0.2, 0) is 9.53 Å². The Morgan fingerprint density at radius 3 is 2.75 bits per heavy atom. The zero-order valence-electron chi connectivity index (χ0n) is 9.52. The van der Waals surface area contributed by atoms with E-state index in [9.17, 15) is 4.79 Å². The first-order valence-electron chi connectivity index (χ1n) is 6.03. The quantitative estimate of drug-likeness (QED) is 0.650. The highest BCUT2D eigenvalue weighted by Gasteiger charge is 2.29. The van der Waals surface area contributed by atoms with Gasteiger partial charge in [-0.3, -0.25) is 4.79 Å². The number of rotatable bonds is 2. The van der Waals surface area contributed by atoms with Gasteiger partial charge in [-0.1, -0.05) is 0 Å². The van der Waals surface area contributed by atoms with E-state index in [1.165, 1.54) is 0 Å². The molecule has 2 rings (SSSR count). The first-order valence-corrected chi connectivity index (χ1v) is 6.03. The van der Waals surface area contributed by atoms with E-state index in [-0.39, 0.29) is 18.6 Å². The molecule has 0 radical (unpaired) electrons. The van der Waals surface area contributed by atoms with Crippen molar-refractivity contribution in [2.45, 2.75) is 18.9 Å². The minimum Gasteiger partial charge on any atom is -0.396 e. The normalized spacial score (nSPS) is 28.1. The number of aliphatic hydroxyl groups is 1. The van der Waals surface area contributed by atoms with E-state index in [1.807, 2.05) is 4.90 Å². The molecule has 0 aliphatic carbocycles. The lowest BCUT2D eigenvalue weighted by Gasteiger charge is -2.34. The van der Waals surface area contributed by atoms with Gasteiger partial charge in [-0.25, -0.2) is 0 Å². The van der Waals surface area contributed by atoms with Gasteiger partial charge in [-0.15, -0.1) is 0 Å². The van der Waals surface area contributed by atoms with Crippen LogP contribution in [-0.4, -0.2) is 61.4 Å². The molecule has 0 aromatic heterocycles. The fourth-order valence-corrected chi connectivity index (χ4v) is 2.26. The number of carbonyl (C=O) groups is 1. The molecule has 1 amide bonds. The largest absolute Gasteiger partial charge is 0.396 e. The average Bonchev–Trinajstić information content (AvgIpc) is 2.39. The average molecular weight is 228 g/mol. The van der Waals surface area contributed by atoms with E-state index in [0.29, 0.717) is 19.1 Å². The van der Waals surface area contributed by atoms with Crippen LogP contribution in [0.4, 0.5) is 0 Å². The smallest absolute Gasteiger partial charge is 0.253 e. The van der Waals surface area contributed by atoms with Gasteiger partial charge in [0.2, 0.25) is 0 Å². The second kappa shape index (κ2) is 5.61. The van der Waals surface area contributed by atoms with Crippen LogP contribution in [0.15, 0.2) is 0 Å². The molecule has 16 heavy (non-hydrogen) atoms. The maximum absolute atomic E-state index is 12.0. The van der Waals surface area contributed by atoms with Crippen molar-refractivity contribution < 1.29 is 14.6 Å². The summed E-state index contributed by atoms with van der Waals surface area (Å²) < 4.78 is 5.44. The van der Waals surface area contributed by atoms with Crippen LogP contribution in [0.3, 0.4) is 0 Å². The fraction of sp³-hybridized carbons (Fsp3) is 0.909. The Kier molecular flexibility index (Phi) is 4.15. The van der Waals surface area contributed by atoms with Crippen molar-refractivity contribution >= 4 is 5.91 Å². The molecule has 92 valence electrons. The molecule has 2 fully saturated rings. The SMILES string of the molecule is O=C(C1CNCCO1)N1CCC(CO)CC1. The number of nitrogens with one attached hydrogen (secondary N) is 1. The van der Waals surface area contributed by atoms with Gasteiger partial charge in [0.1, 0.15) is 6.10 Å². The zero-order valence-corrected chi connectivity index (χ0v) is 9.52. The lowest BCUT2D eigenvalue weighted by molar-refractivity contribution is -0.146. The first kappa shape index (κ1) is 11.8. The van der Waals surface area contributed by atoms with Gasteiger partial charge in [-0.05, 0) is 18.8 Å². The Bertz CT molecular complexity index is 233. The summed E-state index contributed by atoms with van der Waals surface area (Å²) >= 11 is 0. The Morgan fingerprint density at radius 2 is 2.19 bits per heavy atom. The first-order chi connectivity index (χ1) is 7.81. The van der Waals surface area contributed by atoms with Crippen molar-refractivity contribution in [1.82, 2.24) is 10.2 Å². The molecule has 2 heterocycles. The molecule has 2 aliphatic rings. The van der Waals surface area contributed by atoms with Gasteiger partial charge >= 0.3 is 0 Å². The van der Waals surface area contributed by atoms with Gasteiger partial charge in [-0.2, -0.15) is 0 Å². The third-order valence-electron chi connectivity index (χ3n) is 3.39. The number of nitrogens with zero attached hydrogens (tertiary/aromatic N) is 1. The second-order valence-corrected chi connectivity index (χ2v) is 4.51. The lowest BCUT2D eigenvalue weighted by Crippen LogP contribution is -2.51. The van der Waals surface area contributed by atoms with Crippen molar-refractivity contribution in [3.8, 4) is 0 Å². The summed E-state index contributed by atoms with van der Waals surface area (Å²) in [6.07, 6.45) is 1.50. The van der Waals surface area contributed by atoms with Crippen LogP contribution >= 0.6 is 0 Å². The van der Waals surface area contributed by atoms with Crippen LogP contribution in [0.5, 0.6) is 0 Å². The summed E-state index contributed by atoms with van der Waals surface area (Å²) in [6, 6.07) is 0. The van der Waals surface area contributed by atoms with Crippen molar-refractivity contribution in [2.75, 3.05) is 39.4 Å². The van der Waals surface area contributed by atoms with Crippen LogP contribution in [0.2, 0.25) is 0 Å². The van der Waals surface area contributed by atoms with Gasteiger partial charge in [0.25, 0.3) is 5.91 Å². The molecule has 2 N–H and O–H groups in total. The topological polar surface area (TPSA) is 61.8 Å². The summed E-state index contributed by atoms with van der Waals surface area (Å²) in [4.78, 5) is 13.9. The molecular weight excluding hydrogens is 208 g/mol. The molecule has 0 aromatic rings. The number of aliphatic hydroxyl groups excluding tert-OH is 1. The number of amides is 1. The van der Waals surface area contributed by atoms with Gasteiger partial charge < -0.3 is 20.1 Å². The summed E-state index contributed by atoms with van der Waals surface area (Å²) in [7, 11) is 0. The van der Waals surface area contributed by atoms with E-state index in [2.05, 4.69) is 5.32 Å². The molecule has 1 atom stereocenters. The van der Waals surface area contributed by atoms with E-state index >= 15 is 0 Å². The predicted molar refractivity (Wildman–Crippen MR) is 59.0 cm³/mol. The maximum Gasteiger partial charge on any atom is 0.253 e. The van der Waals surface area contributed by atoms with Crippen LogP contribution in [0.1, 0.15) is 12.8 Å². The maximum atomic E-state index is 12.0. The number of carbonyl (C=O) groups excluding carboxylic acids is 1. The van der Waals surface area contributed by atoms with E-state index in [4.69, 9.17) is 9.84 Å². The molecule has 0 spiro atoms. The summed E-state index contributed by atoms with van der Waals surface area (Å²) in [6.45, 7) is 3.82. The number of likely N-dealkylation sites (tertiary alicyclic amines) is 1. The van der Waals surface area contributed by atoms with Crippen molar-refractivity contribution in [2.24, 2.45) is 5.92 Å². The monoisotopic (exact) mass is 228 g/mol. The Labute approximate surface area is 95.8 Å². The summed E-state index contributed by atoms with van der Waals surface area (Å²) in [5.41, 5.74) is 0. The highest BCUT2D eigenvalue weighted by atomic mass is 16.5. The zero-order chi connectivity index (χ0) is 11.4. The van der Waals surface area contributed by atoms with Gasteiger partial charge in [0.05, 0.1) is 6.61 Å². The molecule has 5 nitrogen and oxygen atoms in total. The molecule has 2 saturated heterocycles. The molecule has 0 aromatic carbocycles. The third kappa shape index (κ3) is 2.72. The van der Waals surface area contributed by atoms with Crippen molar-refractivity contribution in [3.63, 3.8) is 0 Å². The van der Waals surface area contributed by atoms with E-state index < -0.39 is 0 Å². The van der Waals surface area contributed by atoms with E-state index in [0.717, 1.165) is 32.5 Å². The Balaban J connectivity index is 1.81. The lowest BCUT2D eigenvalue weighted by atomic mass is 9.97. The number of morpholine rings is 1. The molecule has 0 bridgehead atoms. The highest BCUT2D eigenvalue weighted by molar-refractivity contribution is 5.81. The minimum absolute atomic E-state index is 0.101. The number of piperidine rings is 1. The van der Waals surface area contributed by atoms with Crippen LogP contribution in [0, 0.1) is 5.92 Å². The van der Waals surface area contributed by atoms with Gasteiger partial charge in [0.15, 0.2) is 0 Å². The van der Waals surface area contributed by atoms with Crippen LogP contribution < -0.4 is 5.32 Å². The standard InChI is InChI=1S/C11H20N2O3/c14-8-9-1-4-13(5-2-9)11(15)10-7-12-3-6-16-10/h9-10,12,14H,1-8H2. The molecule has 1 unspecified atom stereocenters. The van der Waals surface area contributed by atoms with Crippen molar-refractivity contribution in [1.29, 1.82) is 0 Å². The van der Waals surface area contributed by atoms with Crippen LogP contribution in [0.25, 0.3) is 0 Å². The number of hydrogen-bond donors (Lipinski definition) is 2. The molecule has 0 saturated carbocycles. The second-order valence-electron chi connectivity index (χ2n) is 4.51. The predicted octanol–water partition coefficient (Wildman–Crippen LogP) is -0.794. The fourth-order valence-electron chi connectivity index (χ4n) is 2.26. The third-order valence-corrected chi connectivity index (χ3v) is 3.39. The van der Waals surface area contributed by atoms with E-state index in [1.54, 1.807) is 0 Å². The van der Waals surface area contributed by atoms with Crippen molar-refractivity contribution in [3.05, 3.63) is 0 Å². The summed E-state index contributed by atoms with van der Waals surface area (Å²) in [5.74, 6) is 0.470. The summed E-state index contributed by atoms with van der Waals surface area (Å²) in [5, 5.41) is 12.2. The highest BCUT2D eigenvalue weighted by Crippen LogP contribution is 2.17. The Hall–Kier alpha value is -0.650. The molecular formula is C11H20N2O3. The number of ether oxygens (including phenoxy) is 1. The Morgan fingerprint density at radius 1 is 1.44 bits per heavy atom. The number of hydrogen-bond acceptors (Lipinski definition) is 4. The van der Waals surface area contributed by atoms with Gasteiger partial charge in [0, 0.05) is 32.8 Å². The minimum atomic E-state index is -0.306. The molecule has 2 aliphatic heterocycles. The molecule has 5 heteroatoms.